The molecule has 0 unspecified atom stereocenters. The highest BCUT2D eigenvalue weighted by Gasteiger charge is 2.35. The van der Waals surface area contributed by atoms with Crippen LogP contribution in [0.4, 0.5) is 0 Å². The topological polar surface area (TPSA) is 103 Å². The van der Waals surface area contributed by atoms with Crippen LogP contribution in [-0.2, 0) is 14.3 Å². The average Bonchev–Trinajstić information content (AvgIpc) is 2.87. The lowest BCUT2D eigenvalue weighted by Crippen LogP contribution is -2.23. The second kappa shape index (κ2) is 10.5. The largest absolute Gasteiger partial charge is 0.507 e. The number of Topliss-reactive ketones (excluding diaryl/α,β-unsaturated/α-hetero) is 1. The zero-order chi connectivity index (χ0) is 25.9. The molecule has 3 aromatic rings. The summed E-state index contributed by atoms with van der Waals surface area (Å²) < 4.78 is 11.2. The van der Waals surface area contributed by atoms with Crippen molar-refractivity contribution in [3.63, 3.8) is 0 Å². The summed E-state index contributed by atoms with van der Waals surface area (Å²) in [5.74, 6) is -1.36. The van der Waals surface area contributed by atoms with E-state index < -0.39 is 24.0 Å². The summed E-state index contributed by atoms with van der Waals surface area (Å²) in [5.41, 5.74) is 2.50. The average molecular weight is 500 g/mol. The molecule has 0 bridgehead atoms. The molecule has 0 saturated heterocycles. The molecule has 2 aliphatic rings. The van der Waals surface area contributed by atoms with Gasteiger partial charge in [-0.25, -0.2) is 4.79 Å². The molecule has 37 heavy (non-hydrogen) atoms. The van der Waals surface area contributed by atoms with Crippen LogP contribution in [0, 0.1) is 0 Å². The molecule has 3 heterocycles. The highest BCUT2D eigenvalue weighted by molar-refractivity contribution is 5.98. The quantitative estimate of drug-likeness (QED) is 0.330. The number of cyclic esters (lactones) is 1. The van der Waals surface area contributed by atoms with E-state index in [9.17, 15) is 19.5 Å². The number of phenolic OH excluding ortho intramolecular Hbond substituents is 1. The fourth-order valence-corrected chi connectivity index (χ4v) is 5.11. The van der Waals surface area contributed by atoms with Crippen molar-refractivity contribution >= 4 is 34.7 Å². The standard InChI is InChI=1S/C30H29NO6/c1-18-7-5-11-22(32)10-4-2-3-8-21-16-25-28(29(34)27(21)30(35)36-18)23(17-26(33)37-25)19-12-13-24-20(15-19)9-6-14-31-24/h3,6,8-9,12-16,18,23,34H,2,4-5,7,10-11,17H2,1H3/t18-,23-/m1/s1. The number of fused-ring (bicyclic) bond motifs is 3. The van der Waals surface area contributed by atoms with Gasteiger partial charge in [0, 0.05) is 35.9 Å². The van der Waals surface area contributed by atoms with Crippen molar-refractivity contribution in [2.24, 2.45) is 0 Å². The van der Waals surface area contributed by atoms with Crippen LogP contribution in [-0.4, -0.2) is 33.9 Å². The highest BCUT2D eigenvalue weighted by atomic mass is 16.5. The van der Waals surface area contributed by atoms with E-state index in [2.05, 4.69) is 4.98 Å². The number of pyridine rings is 1. The van der Waals surface area contributed by atoms with Crippen LogP contribution in [0.3, 0.4) is 0 Å². The maximum atomic E-state index is 13.3. The second-order valence-corrected chi connectivity index (χ2v) is 9.73. The Kier molecular flexibility index (Phi) is 7.04. The first-order valence-corrected chi connectivity index (χ1v) is 12.7. The fraction of sp³-hybridized carbons (Fsp3) is 0.333. The summed E-state index contributed by atoms with van der Waals surface area (Å²) in [7, 11) is 0. The molecule has 0 fully saturated rings. The first kappa shape index (κ1) is 24.7. The molecule has 0 spiro atoms. The number of carbonyl (C=O) groups is 3. The van der Waals surface area contributed by atoms with E-state index in [-0.39, 0.29) is 29.3 Å². The van der Waals surface area contributed by atoms with E-state index in [0.29, 0.717) is 49.7 Å². The van der Waals surface area contributed by atoms with Gasteiger partial charge in [-0.3, -0.25) is 14.6 Å². The first-order chi connectivity index (χ1) is 17.9. The Morgan fingerprint density at radius 1 is 1.05 bits per heavy atom. The predicted octanol–water partition coefficient (Wildman–Crippen LogP) is 5.86. The van der Waals surface area contributed by atoms with Crippen molar-refractivity contribution < 1.29 is 29.0 Å². The normalized spacial score (nSPS) is 20.9. The fourth-order valence-electron chi connectivity index (χ4n) is 5.11. The minimum atomic E-state index is -0.644. The molecule has 2 atom stereocenters. The zero-order valence-electron chi connectivity index (χ0n) is 20.7. The summed E-state index contributed by atoms with van der Waals surface area (Å²) in [5, 5.41) is 12.4. The van der Waals surface area contributed by atoms with Crippen LogP contribution in [0.5, 0.6) is 11.5 Å². The van der Waals surface area contributed by atoms with E-state index in [1.165, 1.54) is 0 Å². The van der Waals surface area contributed by atoms with Crippen molar-refractivity contribution in [3.8, 4) is 11.5 Å². The maximum absolute atomic E-state index is 13.3. The van der Waals surface area contributed by atoms with Crippen molar-refractivity contribution in [1.29, 1.82) is 0 Å². The molecule has 5 rings (SSSR count). The summed E-state index contributed by atoms with van der Waals surface area (Å²) in [6, 6.07) is 11.1. The van der Waals surface area contributed by atoms with E-state index in [1.807, 2.05) is 36.4 Å². The Morgan fingerprint density at radius 2 is 1.89 bits per heavy atom. The number of phenols is 1. The number of allylic oxidation sites excluding steroid dienone is 1. The lowest BCUT2D eigenvalue weighted by atomic mass is 9.83. The maximum Gasteiger partial charge on any atom is 0.342 e. The predicted molar refractivity (Wildman–Crippen MR) is 139 cm³/mol. The van der Waals surface area contributed by atoms with E-state index in [1.54, 1.807) is 25.3 Å². The molecule has 1 N–H and O–H groups in total. The third-order valence-electron chi connectivity index (χ3n) is 7.01. The van der Waals surface area contributed by atoms with Crippen LogP contribution in [0.15, 0.2) is 48.7 Å². The number of carbonyl (C=O) groups excluding carboxylic acids is 3. The Bertz CT molecular complexity index is 1410. The number of hydrogen-bond donors (Lipinski definition) is 1. The second-order valence-electron chi connectivity index (χ2n) is 9.73. The first-order valence-electron chi connectivity index (χ1n) is 12.7. The van der Waals surface area contributed by atoms with Crippen LogP contribution in [0.1, 0.15) is 84.8 Å². The lowest BCUT2D eigenvalue weighted by Gasteiger charge is -2.28. The summed E-state index contributed by atoms with van der Waals surface area (Å²) in [6.07, 6.45) is 8.41. The Morgan fingerprint density at radius 3 is 2.76 bits per heavy atom. The minimum absolute atomic E-state index is 0.0282. The van der Waals surface area contributed by atoms with Gasteiger partial charge in [0.2, 0.25) is 0 Å². The molecule has 190 valence electrons. The number of aromatic hydroxyl groups is 1. The van der Waals surface area contributed by atoms with Gasteiger partial charge in [-0.05, 0) is 68.0 Å². The number of esters is 2. The molecule has 0 aliphatic carbocycles. The smallest absolute Gasteiger partial charge is 0.342 e. The van der Waals surface area contributed by atoms with Gasteiger partial charge in [-0.2, -0.15) is 0 Å². The number of aromatic nitrogens is 1. The van der Waals surface area contributed by atoms with Crippen LogP contribution in [0.2, 0.25) is 0 Å². The summed E-state index contributed by atoms with van der Waals surface area (Å²) >= 11 is 0. The van der Waals surface area contributed by atoms with Gasteiger partial charge in [0.05, 0.1) is 18.0 Å². The summed E-state index contributed by atoms with van der Waals surface area (Å²) in [6.45, 7) is 1.78. The molecule has 1 aromatic heterocycles. The van der Waals surface area contributed by atoms with Gasteiger partial charge < -0.3 is 14.6 Å². The number of benzene rings is 2. The van der Waals surface area contributed by atoms with Crippen LogP contribution >= 0.6 is 0 Å². The summed E-state index contributed by atoms with van der Waals surface area (Å²) in [4.78, 5) is 42.4. The van der Waals surface area contributed by atoms with Crippen LogP contribution in [0.25, 0.3) is 17.0 Å². The van der Waals surface area contributed by atoms with Crippen molar-refractivity contribution in [2.45, 2.75) is 63.9 Å². The molecule has 2 aromatic carbocycles. The number of ketones is 1. The van der Waals surface area contributed by atoms with Gasteiger partial charge in [-0.1, -0.05) is 24.3 Å². The van der Waals surface area contributed by atoms with Crippen molar-refractivity contribution in [1.82, 2.24) is 4.98 Å². The van der Waals surface area contributed by atoms with Gasteiger partial charge in [0.15, 0.2) is 0 Å². The molecular formula is C30H29NO6. The zero-order valence-corrected chi connectivity index (χ0v) is 20.7. The van der Waals surface area contributed by atoms with Gasteiger partial charge >= 0.3 is 11.9 Å². The monoisotopic (exact) mass is 499 g/mol. The Balaban J connectivity index is 1.61. The van der Waals surface area contributed by atoms with Gasteiger partial charge in [0.25, 0.3) is 0 Å². The highest BCUT2D eigenvalue weighted by Crippen LogP contribution is 2.47. The third-order valence-corrected chi connectivity index (χ3v) is 7.01. The van der Waals surface area contributed by atoms with Gasteiger partial charge in [0.1, 0.15) is 22.8 Å². The van der Waals surface area contributed by atoms with Crippen molar-refractivity contribution in [3.05, 3.63) is 70.9 Å². The van der Waals surface area contributed by atoms with E-state index in [4.69, 9.17) is 9.47 Å². The number of rotatable bonds is 1. The third kappa shape index (κ3) is 5.26. The number of hydrogen-bond acceptors (Lipinski definition) is 7. The molecular weight excluding hydrogens is 470 g/mol. The number of nitrogens with zero attached hydrogens (tertiary/aromatic N) is 1. The van der Waals surface area contributed by atoms with Crippen LogP contribution < -0.4 is 4.74 Å². The van der Waals surface area contributed by atoms with Gasteiger partial charge in [-0.15, -0.1) is 0 Å². The number of ether oxygens (including phenoxy) is 2. The van der Waals surface area contributed by atoms with E-state index >= 15 is 0 Å². The molecule has 0 radical (unpaired) electrons. The SMILES string of the molecule is C[C@@H]1CCCC(=O)CCCC=Cc2cc3c(c(O)c2C(=O)O1)[C@@H](c1ccc2ncccc2c1)CC(=O)O3. The minimum Gasteiger partial charge on any atom is -0.507 e. The Hall–Kier alpha value is -4.00. The van der Waals surface area contributed by atoms with Crippen molar-refractivity contribution in [2.75, 3.05) is 0 Å². The molecule has 7 heteroatoms. The molecule has 7 nitrogen and oxygen atoms in total. The molecule has 0 saturated carbocycles. The molecule has 2 aliphatic heterocycles. The van der Waals surface area contributed by atoms with E-state index in [0.717, 1.165) is 16.5 Å². The molecule has 0 amide bonds. The Labute approximate surface area is 215 Å². The lowest BCUT2D eigenvalue weighted by molar-refractivity contribution is -0.135.